The number of carbonyl (C=O) groups excluding carboxylic acids is 1. The van der Waals surface area contributed by atoms with Crippen LogP contribution in [-0.2, 0) is 11.3 Å². The van der Waals surface area contributed by atoms with Crippen LogP contribution in [0.25, 0.3) is 5.69 Å². The van der Waals surface area contributed by atoms with Crippen molar-refractivity contribution in [2.45, 2.75) is 33.4 Å². The summed E-state index contributed by atoms with van der Waals surface area (Å²) in [6.45, 7) is 6.17. The van der Waals surface area contributed by atoms with Gasteiger partial charge in [-0.3, -0.25) is 4.79 Å². The highest BCUT2D eigenvalue weighted by Gasteiger charge is 2.23. The summed E-state index contributed by atoms with van der Waals surface area (Å²) in [5.74, 6) is 0.383. The molecule has 1 atom stereocenters. The Labute approximate surface area is 170 Å². The summed E-state index contributed by atoms with van der Waals surface area (Å²) in [5, 5.41) is 5.13. The van der Waals surface area contributed by atoms with Crippen molar-refractivity contribution in [3.63, 3.8) is 0 Å². The zero-order valence-corrected chi connectivity index (χ0v) is 17.3. The normalized spacial score (nSPS) is 11.9. The Morgan fingerprint density at radius 3 is 2.46 bits per heavy atom. The van der Waals surface area contributed by atoms with Crippen molar-refractivity contribution in [1.82, 2.24) is 14.7 Å². The minimum absolute atomic E-state index is 0.119. The molecule has 3 rings (SSSR count). The number of rotatable bonds is 6. The van der Waals surface area contributed by atoms with Crippen LogP contribution in [0.15, 0.2) is 54.6 Å². The first-order valence-corrected chi connectivity index (χ1v) is 9.53. The third-order valence-electron chi connectivity index (χ3n) is 4.70. The van der Waals surface area contributed by atoms with E-state index in [-0.39, 0.29) is 5.91 Å². The standard InChI is InChI=1S/C22H24ClN3O2/c1-15-19(16(2)26(24-15)18-10-6-5-7-11-18)14-25(4)22(27)17(3)28-21-13-9-8-12-20(21)23/h5-13,17H,14H2,1-4H3. The van der Waals surface area contributed by atoms with Crippen LogP contribution in [0.2, 0.25) is 5.02 Å². The van der Waals surface area contributed by atoms with Gasteiger partial charge in [0.1, 0.15) is 5.75 Å². The van der Waals surface area contributed by atoms with Crippen molar-refractivity contribution in [2.24, 2.45) is 0 Å². The Hall–Kier alpha value is -2.79. The van der Waals surface area contributed by atoms with E-state index in [1.54, 1.807) is 31.0 Å². The van der Waals surface area contributed by atoms with Crippen LogP contribution >= 0.6 is 11.6 Å². The molecule has 6 heteroatoms. The van der Waals surface area contributed by atoms with Crippen LogP contribution < -0.4 is 4.74 Å². The van der Waals surface area contributed by atoms with Crippen molar-refractivity contribution in [3.8, 4) is 11.4 Å². The van der Waals surface area contributed by atoms with Crippen LogP contribution in [-0.4, -0.2) is 33.7 Å². The Balaban J connectivity index is 1.74. The lowest BCUT2D eigenvalue weighted by Gasteiger charge is -2.22. The number of hydrogen-bond acceptors (Lipinski definition) is 3. The summed E-state index contributed by atoms with van der Waals surface area (Å²) in [7, 11) is 1.77. The molecule has 1 aromatic heterocycles. The minimum Gasteiger partial charge on any atom is -0.479 e. The quantitative estimate of drug-likeness (QED) is 0.612. The number of likely N-dealkylation sites (N-methyl/N-ethyl adjacent to an activating group) is 1. The van der Waals surface area contributed by atoms with E-state index in [1.165, 1.54) is 0 Å². The van der Waals surface area contributed by atoms with Gasteiger partial charge in [0.15, 0.2) is 6.10 Å². The molecular weight excluding hydrogens is 374 g/mol. The van der Waals surface area contributed by atoms with E-state index in [0.29, 0.717) is 17.3 Å². The summed E-state index contributed by atoms with van der Waals surface area (Å²) < 4.78 is 7.67. The molecule has 28 heavy (non-hydrogen) atoms. The number of aromatic nitrogens is 2. The van der Waals surface area contributed by atoms with Gasteiger partial charge in [-0.2, -0.15) is 5.10 Å². The Kier molecular flexibility index (Phi) is 6.05. The number of benzene rings is 2. The van der Waals surface area contributed by atoms with Gasteiger partial charge in [-0.05, 0) is 45.0 Å². The molecule has 1 amide bonds. The van der Waals surface area contributed by atoms with Gasteiger partial charge in [0, 0.05) is 24.8 Å². The Morgan fingerprint density at radius 1 is 1.14 bits per heavy atom. The molecule has 1 unspecified atom stereocenters. The van der Waals surface area contributed by atoms with Gasteiger partial charge in [-0.25, -0.2) is 4.68 Å². The number of hydrogen-bond donors (Lipinski definition) is 0. The molecule has 0 bridgehead atoms. The zero-order chi connectivity index (χ0) is 20.3. The number of nitrogens with zero attached hydrogens (tertiary/aromatic N) is 3. The highest BCUT2D eigenvalue weighted by molar-refractivity contribution is 6.32. The number of carbonyl (C=O) groups is 1. The Morgan fingerprint density at radius 2 is 1.79 bits per heavy atom. The first-order chi connectivity index (χ1) is 13.4. The number of ether oxygens (including phenoxy) is 1. The van der Waals surface area contributed by atoms with Crippen molar-refractivity contribution in [3.05, 3.63) is 76.6 Å². The lowest BCUT2D eigenvalue weighted by atomic mass is 10.1. The summed E-state index contributed by atoms with van der Waals surface area (Å²) in [5.41, 5.74) is 3.95. The summed E-state index contributed by atoms with van der Waals surface area (Å²) in [4.78, 5) is 14.5. The fraction of sp³-hybridized carbons (Fsp3) is 0.273. The fourth-order valence-electron chi connectivity index (χ4n) is 3.13. The van der Waals surface area contributed by atoms with Gasteiger partial charge in [0.25, 0.3) is 5.91 Å². The lowest BCUT2D eigenvalue weighted by Crippen LogP contribution is -2.37. The zero-order valence-electron chi connectivity index (χ0n) is 16.5. The monoisotopic (exact) mass is 397 g/mol. The molecule has 0 N–H and O–H groups in total. The molecule has 0 saturated carbocycles. The summed E-state index contributed by atoms with van der Waals surface area (Å²) >= 11 is 6.12. The number of amides is 1. The second-order valence-electron chi connectivity index (χ2n) is 6.78. The predicted octanol–water partition coefficient (Wildman–Crippen LogP) is 4.57. The molecule has 0 aliphatic carbocycles. The molecule has 0 fully saturated rings. The van der Waals surface area contributed by atoms with Gasteiger partial charge in [0.05, 0.1) is 16.4 Å². The van der Waals surface area contributed by atoms with Gasteiger partial charge < -0.3 is 9.64 Å². The smallest absolute Gasteiger partial charge is 0.263 e. The van der Waals surface area contributed by atoms with Gasteiger partial charge in [0.2, 0.25) is 0 Å². The third-order valence-corrected chi connectivity index (χ3v) is 5.01. The second-order valence-corrected chi connectivity index (χ2v) is 7.19. The maximum absolute atomic E-state index is 12.8. The van der Waals surface area contributed by atoms with Crippen LogP contribution in [0.4, 0.5) is 0 Å². The molecule has 3 aromatic rings. The van der Waals surface area contributed by atoms with Gasteiger partial charge in [-0.1, -0.05) is 41.9 Å². The molecule has 0 aliphatic rings. The van der Waals surface area contributed by atoms with Crippen molar-refractivity contribution >= 4 is 17.5 Å². The maximum atomic E-state index is 12.8. The topological polar surface area (TPSA) is 47.4 Å². The summed E-state index contributed by atoms with van der Waals surface area (Å²) in [6.07, 6.45) is -0.644. The summed E-state index contributed by atoms with van der Waals surface area (Å²) in [6, 6.07) is 17.1. The molecule has 0 aliphatic heterocycles. The van der Waals surface area contributed by atoms with E-state index >= 15 is 0 Å². The first-order valence-electron chi connectivity index (χ1n) is 9.15. The van der Waals surface area contributed by atoms with Crippen molar-refractivity contribution in [1.29, 1.82) is 0 Å². The molecule has 0 radical (unpaired) electrons. The van der Waals surface area contributed by atoms with E-state index in [9.17, 15) is 4.79 Å². The molecule has 1 heterocycles. The third kappa shape index (κ3) is 4.20. The molecule has 0 saturated heterocycles. The van der Waals surface area contributed by atoms with Crippen molar-refractivity contribution < 1.29 is 9.53 Å². The SMILES string of the molecule is Cc1nn(-c2ccccc2)c(C)c1CN(C)C(=O)C(C)Oc1ccccc1Cl. The van der Waals surface area contributed by atoms with Crippen molar-refractivity contribution in [2.75, 3.05) is 7.05 Å². The Bertz CT molecular complexity index is 969. The van der Waals surface area contributed by atoms with E-state index in [2.05, 4.69) is 5.10 Å². The van der Waals surface area contributed by atoms with Crippen LogP contribution in [0.1, 0.15) is 23.9 Å². The first kappa shape index (κ1) is 20.0. The van der Waals surface area contributed by atoms with Gasteiger partial charge >= 0.3 is 0 Å². The minimum atomic E-state index is -0.644. The van der Waals surface area contributed by atoms with Crippen LogP contribution in [0, 0.1) is 13.8 Å². The second kappa shape index (κ2) is 8.48. The molecule has 0 spiro atoms. The molecule has 146 valence electrons. The predicted molar refractivity (Wildman–Crippen MR) is 111 cm³/mol. The van der Waals surface area contributed by atoms with E-state index in [4.69, 9.17) is 16.3 Å². The average molecular weight is 398 g/mol. The van der Waals surface area contributed by atoms with Crippen LogP contribution in [0.3, 0.4) is 0 Å². The number of halogens is 1. The highest BCUT2D eigenvalue weighted by atomic mass is 35.5. The number of para-hydroxylation sites is 2. The lowest BCUT2D eigenvalue weighted by molar-refractivity contribution is -0.137. The molecular formula is C22H24ClN3O2. The largest absolute Gasteiger partial charge is 0.479 e. The average Bonchev–Trinajstić information content (AvgIpc) is 2.98. The number of aryl methyl sites for hydroxylation is 1. The van der Waals surface area contributed by atoms with E-state index in [1.807, 2.05) is 61.0 Å². The highest BCUT2D eigenvalue weighted by Crippen LogP contribution is 2.25. The van der Waals surface area contributed by atoms with E-state index in [0.717, 1.165) is 22.6 Å². The molecule has 5 nitrogen and oxygen atoms in total. The maximum Gasteiger partial charge on any atom is 0.263 e. The van der Waals surface area contributed by atoms with E-state index < -0.39 is 6.10 Å². The van der Waals surface area contributed by atoms with Crippen LogP contribution in [0.5, 0.6) is 5.75 Å². The molecule has 2 aromatic carbocycles. The van der Waals surface area contributed by atoms with Gasteiger partial charge in [-0.15, -0.1) is 0 Å². The fourth-order valence-corrected chi connectivity index (χ4v) is 3.31.